The number of aromatic nitrogens is 1. The number of hydrogen-bond donors (Lipinski definition) is 2. The van der Waals surface area contributed by atoms with Gasteiger partial charge < -0.3 is 11.1 Å². The van der Waals surface area contributed by atoms with Gasteiger partial charge >= 0.3 is 0 Å². The monoisotopic (exact) mass is 244 g/mol. The van der Waals surface area contributed by atoms with E-state index in [1.54, 1.807) is 6.20 Å². The molecule has 1 fully saturated rings. The van der Waals surface area contributed by atoms with Gasteiger partial charge in [-0.05, 0) is 23.8 Å². The lowest BCUT2D eigenvalue weighted by Gasteiger charge is -2.30. The smallest absolute Gasteiger partial charge is 0.143 e. The van der Waals surface area contributed by atoms with E-state index < -0.39 is 0 Å². The van der Waals surface area contributed by atoms with E-state index in [-0.39, 0.29) is 0 Å². The fourth-order valence-electron chi connectivity index (χ4n) is 2.71. The Morgan fingerprint density at radius 1 is 1.67 bits per heavy atom. The van der Waals surface area contributed by atoms with Gasteiger partial charge in [-0.1, -0.05) is 26.7 Å². The highest BCUT2D eigenvalue weighted by molar-refractivity contribution is 5.65. The molecule has 0 radical (unpaired) electrons. The van der Waals surface area contributed by atoms with Crippen molar-refractivity contribution in [1.82, 2.24) is 4.98 Å². The molecule has 1 heterocycles. The first kappa shape index (κ1) is 12.7. The van der Waals surface area contributed by atoms with Crippen LogP contribution in [0.4, 0.5) is 11.5 Å². The molecular formula is C14H20N4. The predicted molar refractivity (Wildman–Crippen MR) is 73.0 cm³/mol. The zero-order valence-electron chi connectivity index (χ0n) is 11.0. The summed E-state index contributed by atoms with van der Waals surface area (Å²) in [7, 11) is 0. The minimum absolute atomic E-state index is 0.298. The largest absolute Gasteiger partial charge is 0.383 e. The fourth-order valence-corrected chi connectivity index (χ4v) is 2.71. The predicted octanol–water partition coefficient (Wildman–Crippen LogP) is 2.77. The Bertz CT molecular complexity index is 477. The average Bonchev–Trinajstić information content (AvgIpc) is 2.68. The van der Waals surface area contributed by atoms with Crippen LogP contribution in [-0.4, -0.2) is 11.5 Å². The van der Waals surface area contributed by atoms with Crippen molar-refractivity contribution in [3.8, 4) is 6.07 Å². The van der Waals surface area contributed by atoms with E-state index in [0.717, 1.165) is 18.2 Å². The summed E-state index contributed by atoms with van der Waals surface area (Å²) in [4.78, 5) is 3.94. The molecule has 2 unspecified atom stereocenters. The quantitative estimate of drug-likeness (QED) is 0.857. The van der Waals surface area contributed by atoms with Crippen molar-refractivity contribution < 1.29 is 0 Å². The molecule has 1 aromatic rings. The number of pyridine rings is 1. The summed E-state index contributed by atoms with van der Waals surface area (Å²) < 4.78 is 0. The lowest BCUT2D eigenvalue weighted by Crippen LogP contribution is -2.29. The molecule has 2 rings (SSSR count). The van der Waals surface area contributed by atoms with E-state index in [4.69, 9.17) is 11.0 Å². The molecule has 0 amide bonds. The standard InChI is InChI=1S/C14H20N4/c1-10-4-3-6-14(10,2)9-18-12-5-7-17-13(16)11(12)8-15/h5,7,10H,3-4,6,9H2,1-2H3,(H3,16,17,18). The highest BCUT2D eigenvalue weighted by Gasteiger charge is 2.35. The maximum absolute atomic E-state index is 9.10. The Morgan fingerprint density at radius 3 is 3.06 bits per heavy atom. The normalized spacial score (nSPS) is 26.8. The Labute approximate surface area is 108 Å². The van der Waals surface area contributed by atoms with Crippen molar-refractivity contribution in [3.63, 3.8) is 0 Å². The van der Waals surface area contributed by atoms with Crippen LogP contribution in [-0.2, 0) is 0 Å². The van der Waals surface area contributed by atoms with E-state index in [1.807, 2.05) is 6.07 Å². The lowest BCUT2D eigenvalue weighted by atomic mass is 9.81. The lowest BCUT2D eigenvalue weighted by molar-refractivity contribution is 0.266. The first-order valence-corrected chi connectivity index (χ1v) is 6.45. The van der Waals surface area contributed by atoms with Gasteiger partial charge in [0.2, 0.25) is 0 Å². The molecule has 3 N–H and O–H groups in total. The van der Waals surface area contributed by atoms with E-state index in [0.29, 0.717) is 16.8 Å². The van der Waals surface area contributed by atoms with Crippen molar-refractivity contribution in [2.75, 3.05) is 17.6 Å². The van der Waals surface area contributed by atoms with Crippen LogP contribution in [0.5, 0.6) is 0 Å². The Kier molecular flexibility index (Phi) is 3.42. The number of nitrogens with two attached hydrogens (primary N) is 1. The van der Waals surface area contributed by atoms with E-state index in [1.165, 1.54) is 19.3 Å². The summed E-state index contributed by atoms with van der Waals surface area (Å²) in [5, 5.41) is 12.5. The summed E-state index contributed by atoms with van der Waals surface area (Å²) in [6.07, 6.45) is 5.47. The van der Waals surface area contributed by atoms with Crippen LogP contribution >= 0.6 is 0 Å². The molecule has 1 aliphatic rings. The molecule has 0 saturated heterocycles. The van der Waals surface area contributed by atoms with Crippen LogP contribution in [0.15, 0.2) is 12.3 Å². The third kappa shape index (κ3) is 2.26. The number of anilines is 2. The number of hydrogen-bond acceptors (Lipinski definition) is 4. The fraction of sp³-hybridized carbons (Fsp3) is 0.571. The number of nitriles is 1. The van der Waals surface area contributed by atoms with Gasteiger partial charge in [-0.25, -0.2) is 4.98 Å². The number of rotatable bonds is 3. The van der Waals surface area contributed by atoms with Gasteiger partial charge in [0.15, 0.2) is 0 Å². The average molecular weight is 244 g/mol. The molecule has 1 aliphatic carbocycles. The molecule has 18 heavy (non-hydrogen) atoms. The van der Waals surface area contributed by atoms with Crippen LogP contribution in [0.3, 0.4) is 0 Å². The second kappa shape index (κ2) is 4.85. The van der Waals surface area contributed by atoms with Gasteiger partial charge in [-0.3, -0.25) is 0 Å². The molecule has 96 valence electrons. The highest BCUT2D eigenvalue weighted by atomic mass is 14.9. The molecule has 1 aromatic heterocycles. The topological polar surface area (TPSA) is 74.7 Å². The maximum atomic E-state index is 9.10. The molecule has 4 nitrogen and oxygen atoms in total. The second-order valence-electron chi connectivity index (χ2n) is 5.53. The van der Waals surface area contributed by atoms with Crippen LogP contribution in [0.25, 0.3) is 0 Å². The minimum Gasteiger partial charge on any atom is -0.383 e. The second-order valence-corrected chi connectivity index (χ2v) is 5.53. The Morgan fingerprint density at radius 2 is 2.44 bits per heavy atom. The summed E-state index contributed by atoms with van der Waals surface area (Å²) in [6.45, 7) is 5.50. The number of nitrogen functional groups attached to an aromatic ring is 1. The third-order valence-electron chi connectivity index (χ3n) is 4.35. The molecule has 0 bridgehead atoms. The van der Waals surface area contributed by atoms with Gasteiger partial charge in [-0.15, -0.1) is 0 Å². The molecule has 1 saturated carbocycles. The van der Waals surface area contributed by atoms with Gasteiger partial charge in [0.05, 0.1) is 5.69 Å². The molecule has 2 atom stereocenters. The van der Waals surface area contributed by atoms with Crippen LogP contribution < -0.4 is 11.1 Å². The number of nitrogens with zero attached hydrogens (tertiary/aromatic N) is 2. The van der Waals surface area contributed by atoms with Crippen molar-refractivity contribution >= 4 is 11.5 Å². The third-order valence-corrected chi connectivity index (χ3v) is 4.35. The van der Waals surface area contributed by atoms with E-state index in [9.17, 15) is 0 Å². The van der Waals surface area contributed by atoms with Crippen LogP contribution in [0, 0.1) is 22.7 Å². The first-order chi connectivity index (χ1) is 8.57. The summed E-state index contributed by atoms with van der Waals surface area (Å²) in [5.41, 5.74) is 7.26. The summed E-state index contributed by atoms with van der Waals surface area (Å²) >= 11 is 0. The van der Waals surface area contributed by atoms with Gasteiger partial charge in [0.25, 0.3) is 0 Å². The zero-order valence-corrected chi connectivity index (χ0v) is 11.0. The SMILES string of the molecule is CC1CCCC1(C)CNc1ccnc(N)c1C#N. The Hall–Kier alpha value is -1.76. The molecule has 0 spiro atoms. The first-order valence-electron chi connectivity index (χ1n) is 6.45. The summed E-state index contributed by atoms with van der Waals surface area (Å²) in [5.74, 6) is 1.02. The van der Waals surface area contributed by atoms with Crippen LogP contribution in [0.1, 0.15) is 38.7 Å². The number of nitrogens with one attached hydrogen (secondary N) is 1. The molecular weight excluding hydrogens is 224 g/mol. The van der Waals surface area contributed by atoms with E-state index in [2.05, 4.69) is 30.2 Å². The van der Waals surface area contributed by atoms with Crippen molar-refractivity contribution in [2.24, 2.45) is 11.3 Å². The van der Waals surface area contributed by atoms with Crippen molar-refractivity contribution in [1.29, 1.82) is 5.26 Å². The maximum Gasteiger partial charge on any atom is 0.143 e. The molecule has 0 aromatic carbocycles. The van der Waals surface area contributed by atoms with Crippen molar-refractivity contribution in [2.45, 2.75) is 33.1 Å². The van der Waals surface area contributed by atoms with Crippen molar-refractivity contribution in [3.05, 3.63) is 17.8 Å². The molecule has 0 aliphatic heterocycles. The van der Waals surface area contributed by atoms with Gasteiger partial charge in [0, 0.05) is 12.7 Å². The minimum atomic E-state index is 0.298. The zero-order chi connectivity index (χ0) is 13.2. The summed E-state index contributed by atoms with van der Waals surface area (Å²) in [6, 6.07) is 3.93. The van der Waals surface area contributed by atoms with Crippen LogP contribution in [0.2, 0.25) is 0 Å². The Balaban J connectivity index is 2.12. The van der Waals surface area contributed by atoms with Gasteiger partial charge in [0.1, 0.15) is 17.5 Å². The van der Waals surface area contributed by atoms with Gasteiger partial charge in [-0.2, -0.15) is 5.26 Å². The molecule has 4 heteroatoms. The van der Waals surface area contributed by atoms with E-state index >= 15 is 0 Å². The highest BCUT2D eigenvalue weighted by Crippen LogP contribution is 2.42.